The molecule has 0 saturated carbocycles. The van der Waals surface area contributed by atoms with Gasteiger partial charge in [-0.15, -0.1) is 0 Å². The summed E-state index contributed by atoms with van der Waals surface area (Å²) in [6.45, 7) is 2.85. The highest BCUT2D eigenvalue weighted by Crippen LogP contribution is 2.24. The molecule has 1 rings (SSSR count). The van der Waals surface area contributed by atoms with Gasteiger partial charge in [0.05, 0.1) is 16.7 Å². The summed E-state index contributed by atoms with van der Waals surface area (Å²) < 4.78 is 10.3. The second-order valence-corrected chi connectivity index (χ2v) is 4.33. The minimum atomic E-state index is 0.553. The Hall–Kier alpha value is -0.480. The molecule has 96 valence electrons. The zero-order chi connectivity index (χ0) is 12.5. The van der Waals surface area contributed by atoms with Gasteiger partial charge in [-0.05, 0) is 24.6 Å². The van der Waals surface area contributed by atoms with Gasteiger partial charge < -0.3 is 14.8 Å². The van der Waals surface area contributed by atoms with Crippen molar-refractivity contribution >= 4 is 28.9 Å². The van der Waals surface area contributed by atoms with Crippen LogP contribution in [0.4, 0.5) is 5.69 Å². The van der Waals surface area contributed by atoms with Crippen molar-refractivity contribution in [1.29, 1.82) is 0 Å². The minimum Gasteiger partial charge on any atom is -0.385 e. The van der Waals surface area contributed by atoms with Crippen LogP contribution in [0.3, 0.4) is 0 Å². The second kappa shape index (κ2) is 8.59. The Labute approximate surface area is 112 Å². The SMILES string of the molecule is COCCCOCCNc1ccc(Cl)c(Cl)c1. The second-order valence-electron chi connectivity index (χ2n) is 3.51. The molecule has 0 bridgehead atoms. The fourth-order valence-electron chi connectivity index (χ4n) is 1.28. The lowest BCUT2D eigenvalue weighted by Gasteiger charge is -2.08. The first kappa shape index (κ1) is 14.6. The average molecular weight is 278 g/mol. The molecule has 1 aromatic rings. The van der Waals surface area contributed by atoms with E-state index < -0.39 is 0 Å². The summed E-state index contributed by atoms with van der Waals surface area (Å²) in [7, 11) is 1.69. The Morgan fingerprint density at radius 3 is 2.65 bits per heavy atom. The normalized spacial score (nSPS) is 10.5. The smallest absolute Gasteiger partial charge is 0.0639 e. The van der Waals surface area contributed by atoms with E-state index in [0.717, 1.165) is 31.9 Å². The molecule has 0 heterocycles. The third-order valence-corrected chi connectivity index (χ3v) is 2.87. The predicted octanol–water partition coefficient (Wildman–Crippen LogP) is 3.46. The molecule has 0 aromatic heterocycles. The average Bonchev–Trinajstić information content (AvgIpc) is 2.32. The number of anilines is 1. The lowest BCUT2D eigenvalue weighted by Crippen LogP contribution is -2.10. The maximum Gasteiger partial charge on any atom is 0.0639 e. The Kier molecular flexibility index (Phi) is 7.37. The van der Waals surface area contributed by atoms with Crippen molar-refractivity contribution in [3.8, 4) is 0 Å². The molecular formula is C12H17Cl2NO2. The summed E-state index contributed by atoms with van der Waals surface area (Å²) in [6, 6.07) is 5.46. The van der Waals surface area contributed by atoms with E-state index >= 15 is 0 Å². The summed E-state index contributed by atoms with van der Waals surface area (Å²) in [4.78, 5) is 0. The van der Waals surface area contributed by atoms with E-state index in [2.05, 4.69) is 5.32 Å². The topological polar surface area (TPSA) is 30.5 Å². The maximum atomic E-state index is 5.89. The van der Waals surface area contributed by atoms with Crippen LogP contribution in [0.5, 0.6) is 0 Å². The lowest BCUT2D eigenvalue weighted by atomic mass is 10.3. The minimum absolute atomic E-state index is 0.553. The van der Waals surface area contributed by atoms with Crippen LogP contribution < -0.4 is 5.32 Å². The highest BCUT2D eigenvalue weighted by Gasteiger charge is 1.98. The monoisotopic (exact) mass is 277 g/mol. The van der Waals surface area contributed by atoms with Crippen molar-refractivity contribution in [2.45, 2.75) is 6.42 Å². The van der Waals surface area contributed by atoms with Gasteiger partial charge in [-0.1, -0.05) is 23.2 Å². The molecule has 0 amide bonds. The third kappa shape index (κ3) is 6.13. The first-order valence-corrected chi connectivity index (χ1v) is 6.25. The van der Waals surface area contributed by atoms with Gasteiger partial charge in [-0.2, -0.15) is 0 Å². The Morgan fingerprint density at radius 2 is 1.94 bits per heavy atom. The number of nitrogens with one attached hydrogen (secondary N) is 1. The summed E-state index contributed by atoms with van der Waals surface area (Å²) in [5.41, 5.74) is 0.944. The van der Waals surface area contributed by atoms with Gasteiger partial charge in [-0.3, -0.25) is 0 Å². The number of ether oxygens (including phenoxy) is 2. The maximum absolute atomic E-state index is 5.89. The summed E-state index contributed by atoms with van der Waals surface area (Å²) in [5.74, 6) is 0. The van der Waals surface area contributed by atoms with Crippen molar-refractivity contribution in [3.63, 3.8) is 0 Å². The molecule has 0 saturated heterocycles. The Bertz CT molecular complexity index is 334. The van der Waals surface area contributed by atoms with Crippen molar-refractivity contribution < 1.29 is 9.47 Å². The first-order chi connectivity index (χ1) is 8.24. The fraction of sp³-hybridized carbons (Fsp3) is 0.500. The predicted molar refractivity (Wildman–Crippen MR) is 72.3 cm³/mol. The molecule has 0 radical (unpaired) electrons. The summed E-state index contributed by atoms with van der Waals surface area (Å²) in [6.07, 6.45) is 0.920. The van der Waals surface area contributed by atoms with E-state index in [1.807, 2.05) is 6.07 Å². The largest absolute Gasteiger partial charge is 0.385 e. The van der Waals surface area contributed by atoms with E-state index in [0.29, 0.717) is 16.7 Å². The lowest BCUT2D eigenvalue weighted by molar-refractivity contribution is 0.109. The molecule has 0 unspecified atom stereocenters. The van der Waals surface area contributed by atoms with Crippen molar-refractivity contribution in [1.82, 2.24) is 0 Å². The molecule has 0 fully saturated rings. The molecular weight excluding hydrogens is 261 g/mol. The molecule has 5 heteroatoms. The fourth-order valence-corrected chi connectivity index (χ4v) is 1.58. The third-order valence-electron chi connectivity index (χ3n) is 2.13. The van der Waals surface area contributed by atoms with Crippen LogP contribution in [-0.4, -0.2) is 33.5 Å². The molecule has 0 atom stereocenters. The summed E-state index contributed by atoms with van der Waals surface area (Å²) >= 11 is 11.7. The van der Waals surface area contributed by atoms with Crippen LogP contribution in [0.1, 0.15) is 6.42 Å². The highest BCUT2D eigenvalue weighted by atomic mass is 35.5. The van der Waals surface area contributed by atoms with Gasteiger partial charge >= 0.3 is 0 Å². The molecule has 0 aliphatic carbocycles. The quantitative estimate of drug-likeness (QED) is 0.739. The van der Waals surface area contributed by atoms with Gasteiger partial charge in [0.15, 0.2) is 0 Å². The van der Waals surface area contributed by atoms with Crippen LogP contribution in [0, 0.1) is 0 Å². The molecule has 17 heavy (non-hydrogen) atoms. The zero-order valence-electron chi connectivity index (χ0n) is 9.84. The van der Waals surface area contributed by atoms with Gasteiger partial charge in [0, 0.05) is 32.6 Å². The number of methoxy groups -OCH3 is 1. The van der Waals surface area contributed by atoms with Crippen LogP contribution in [0.15, 0.2) is 18.2 Å². The van der Waals surface area contributed by atoms with Crippen LogP contribution in [-0.2, 0) is 9.47 Å². The first-order valence-electron chi connectivity index (χ1n) is 5.49. The summed E-state index contributed by atoms with van der Waals surface area (Å²) in [5, 5.41) is 4.32. The number of benzene rings is 1. The van der Waals surface area contributed by atoms with E-state index in [4.69, 9.17) is 32.7 Å². The van der Waals surface area contributed by atoms with Crippen LogP contribution in [0.2, 0.25) is 10.0 Å². The number of halogens is 2. The van der Waals surface area contributed by atoms with E-state index in [1.54, 1.807) is 19.2 Å². The molecule has 3 nitrogen and oxygen atoms in total. The Balaban J connectivity index is 2.11. The molecule has 1 aromatic carbocycles. The van der Waals surface area contributed by atoms with Gasteiger partial charge in [0.2, 0.25) is 0 Å². The van der Waals surface area contributed by atoms with Gasteiger partial charge in [0.1, 0.15) is 0 Å². The van der Waals surface area contributed by atoms with Crippen LogP contribution >= 0.6 is 23.2 Å². The standard InChI is InChI=1S/C12H17Cl2NO2/c1-16-6-2-7-17-8-5-15-10-3-4-11(13)12(14)9-10/h3-4,9,15H,2,5-8H2,1H3. The molecule has 1 N–H and O–H groups in total. The van der Waals surface area contributed by atoms with E-state index in [9.17, 15) is 0 Å². The molecule has 0 aliphatic rings. The van der Waals surface area contributed by atoms with Gasteiger partial charge in [0.25, 0.3) is 0 Å². The highest BCUT2D eigenvalue weighted by molar-refractivity contribution is 6.42. The van der Waals surface area contributed by atoms with E-state index in [-0.39, 0.29) is 0 Å². The number of hydrogen-bond donors (Lipinski definition) is 1. The van der Waals surface area contributed by atoms with Crippen molar-refractivity contribution in [2.24, 2.45) is 0 Å². The van der Waals surface area contributed by atoms with Crippen molar-refractivity contribution in [2.75, 3.05) is 38.8 Å². The Morgan fingerprint density at radius 1 is 1.12 bits per heavy atom. The number of hydrogen-bond acceptors (Lipinski definition) is 3. The number of rotatable bonds is 8. The van der Waals surface area contributed by atoms with E-state index in [1.165, 1.54) is 0 Å². The van der Waals surface area contributed by atoms with Crippen molar-refractivity contribution in [3.05, 3.63) is 28.2 Å². The molecule has 0 spiro atoms. The molecule has 0 aliphatic heterocycles. The zero-order valence-corrected chi connectivity index (χ0v) is 11.4. The van der Waals surface area contributed by atoms with Gasteiger partial charge in [-0.25, -0.2) is 0 Å². The van der Waals surface area contributed by atoms with Crippen LogP contribution in [0.25, 0.3) is 0 Å².